The molecule has 0 atom stereocenters. The van der Waals surface area contributed by atoms with Gasteiger partial charge < -0.3 is 10.6 Å². The van der Waals surface area contributed by atoms with Crippen LogP contribution in [-0.4, -0.2) is 18.1 Å². The van der Waals surface area contributed by atoms with Gasteiger partial charge in [-0.25, -0.2) is 0 Å². The Labute approximate surface area is 122 Å². The first-order chi connectivity index (χ1) is 9.17. The minimum absolute atomic E-state index is 0.778. The van der Waals surface area contributed by atoms with Gasteiger partial charge in [0.05, 0.1) is 11.2 Å². The van der Waals surface area contributed by atoms with Crippen LogP contribution in [0, 0.1) is 0 Å². The van der Waals surface area contributed by atoms with Crippen LogP contribution in [-0.2, 0) is 0 Å². The number of halogens is 1. The van der Waals surface area contributed by atoms with Crippen LogP contribution in [0.5, 0.6) is 0 Å². The van der Waals surface area contributed by atoms with Gasteiger partial charge in [0.25, 0.3) is 0 Å². The number of nitrogen functional groups attached to an aromatic ring is 1. The second kappa shape index (κ2) is 6.24. The molecule has 0 aliphatic heterocycles. The van der Waals surface area contributed by atoms with Crippen molar-refractivity contribution in [3.63, 3.8) is 0 Å². The van der Waals surface area contributed by atoms with E-state index in [1.54, 1.807) is 0 Å². The van der Waals surface area contributed by atoms with Crippen LogP contribution in [0.1, 0.15) is 26.7 Å². The van der Waals surface area contributed by atoms with Gasteiger partial charge in [0.2, 0.25) is 0 Å². The largest absolute Gasteiger partial charge is 0.398 e. The van der Waals surface area contributed by atoms with Crippen molar-refractivity contribution in [1.82, 2.24) is 4.98 Å². The molecular formula is C15H20BrN3. The molecule has 102 valence electrons. The molecule has 2 rings (SSSR count). The molecule has 0 fully saturated rings. The number of fused-ring (bicyclic) bond motifs is 1. The first-order valence-corrected chi connectivity index (χ1v) is 7.55. The van der Waals surface area contributed by atoms with Gasteiger partial charge in [-0.2, -0.15) is 0 Å². The Morgan fingerprint density at radius 3 is 2.53 bits per heavy atom. The molecule has 3 nitrogen and oxygen atoms in total. The lowest BCUT2D eigenvalue weighted by Gasteiger charge is -2.25. The predicted molar refractivity (Wildman–Crippen MR) is 86.7 cm³/mol. The number of anilines is 2. The third-order valence-electron chi connectivity index (χ3n) is 3.16. The predicted octanol–water partition coefficient (Wildman–Crippen LogP) is 4.21. The van der Waals surface area contributed by atoms with Gasteiger partial charge in [0.1, 0.15) is 0 Å². The van der Waals surface area contributed by atoms with E-state index in [9.17, 15) is 0 Å². The zero-order chi connectivity index (χ0) is 13.8. The van der Waals surface area contributed by atoms with E-state index in [1.807, 2.05) is 18.3 Å². The van der Waals surface area contributed by atoms with E-state index in [4.69, 9.17) is 5.73 Å². The topological polar surface area (TPSA) is 42.1 Å². The van der Waals surface area contributed by atoms with Gasteiger partial charge in [-0.3, -0.25) is 4.98 Å². The molecule has 1 aromatic heterocycles. The Hall–Kier alpha value is -1.29. The summed E-state index contributed by atoms with van der Waals surface area (Å²) >= 11 is 3.46. The van der Waals surface area contributed by atoms with Crippen LogP contribution in [0.3, 0.4) is 0 Å². The summed E-state index contributed by atoms with van der Waals surface area (Å²) in [6.07, 6.45) is 4.09. The minimum atomic E-state index is 0.778. The van der Waals surface area contributed by atoms with E-state index in [2.05, 4.69) is 45.7 Å². The summed E-state index contributed by atoms with van der Waals surface area (Å²) in [7, 11) is 0. The van der Waals surface area contributed by atoms with Crippen LogP contribution >= 0.6 is 15.9 Å². The maximum atomic E-state index is 6.06. The van der Waals surface area contributed by atoms with Gasteiger partial charge in [-0.05, 0) is 47.0 Å². The third kappa shape index (κ3) is 3.00. The number of nitrogens with two attached hydrogens (primary N) is 1. The van der Waals surface area contributed by atoms with Gasteiger partial charge >= 0.3 is 0 Å². The smallest absolute Gasteiger partial charge is 0.0956 e. The molecule has 0 aliphatic rings. The number of rotatable bonds is 5. The second-order valence-corrected chi connectivity index (χ2v) is 5.63. The molecule has 0 unspecified atom stereocenters. The molecule has 0 saturated carbocycles. The van der Waals surface area contributed by atoms with Gasteiger partial charge in [-0.15, -0.1) is 0 Å². The molecule has 4 heteroatoms. The molecule has 0 spiro atoms. The average molecular weight is 322 g/mol. The lowest BCUT2D eigenvalue weighted by Crippen LogP contribution is -2.25. The minimum Gasteiger partial charge on any atom is -0.398 e. The number of pyridine rings is 1. The lowest BCUT2D eigenvalue weighted by atomic mass is 10.1. The fourth-order valence-electron chi connectivity index (χ4n) is 2.35. The number of benzene rings is 1. The van der Waals surface area contributed by atoms with Gasteiger partial charge in [-0.1, -0.05) is 13.8 Å². The normalized spacial score (nSPS) is 10.9. The zero-order valence-corrected chi connectivity index (χ0v) is 13.1. The summed E-state index contributed by atoms with van der Waals surface area (Å²) in [5, 5.41) is 1.02. The van der Waals surface area contributed by atoms with E-state index in [-0.39, 0.29) is 0 Å². The summed E-state index contributed by atoms with van der Waals surface area (Å²) in [4.78, 5) is 6.95. The summed E-state index contributed by atoms with van der Waals surface area (Å²) in [5.74, 6) is 0. The van der Waals surface area contributed by atoms with Crippen molar-refractivity contribution < 1.29 is 0 Å². The SMILES string of the molecule is CCCN(CCC)c1ccc(N)c2cc(Br)cnc12. The molecule has 0 amide bonds. The van der Waals surface area contributed by atoms with Crippen molar-refractivity contribution >= 4 is 38.2 Å². The second-order valence-electron chi connectivity index (χ2n) is 4.71. The molecule has 1 heterocycles. The standard InChI is InChI=1S/C15H20BrN3/c1-3-7-19(8-4-2)14-6-5-13(17)12-9-11(16)10-18-15(12)14/h5-6,9-10H,3-4,7-8,17H2,1-2H3. The van der Waals surface area contributed by atoms with Crippen LogP contribution in [0.4, 0.5) is 11.4 Å². The number of hydrogen-bond acceptors (Lipinski definition) is 3. The van der Waals surface area contributed by atoms with Crippen LogP contribution in [0.25, 0.3) is 10.9 Å². The Morgan fingerprint density at radius 2 is 1.89 bits per heavy atom. The summed E-state index contributed by atoms with van der Waals surface area (Å²) in [5.41, 5.74) is 9.01. The van der Waals surface area contributed by atoms with E-state index in [0.29, 0.717) is 0 Å². The first-order valence-electron chi connectivity index (χ1n) is 6.76. The van der Waals surface area contributed by atoms with Crippen molar-refractivity contribution in [3.05, 3.63) is 28.9 Å². The number of aromatic nitrogens is 1. The molecule has 0 radical (unpaired) electrons. The highest BCUT2D eigenvalue weighted by atomic mass is 79.9. The highest BCUT2D eigenvalue weighted by molar-refractivity contribution is 9.10. The van der Waals surface area contributed by atoms with Crippen molar-refractivity contribution in [2.75, 3.05) is 23.7 Å². The van der Waals surface area contributed by atoms with E-state index < -0.39 is 0 Å². The average Bonchev–Trinajstić information content (AvgIpc) is 2.40. The Balaban J connectivity index is 2.56. The molecular weight excluding hydrogens is 302 g/mol. The van der Waals surface area contributed by atoms with Crippen LogP contribution in [0.2, 0.25) is 0 Å². The Bertz CT molecular complexity index is 563. The van der Waals surface area contributed by atoms with Crippen molar-refractivity contribution in [1.29, 1.82) is 0 Å². The van der Waals surface area contributed by atoms with E-state index in [0.717, 1.165) is 47.0 Å². The highest BCUT2D eigenvalue weighted by Gasteiger charge is 2.11. The molecule has 0 saturated heterocycles. The maximum Gasteiger partial charge on any atom is 0.0956 e. The maximum absolute atomic E-state index is 6.06. The van der Waals surface area contributed by atoms with Crippen LogP contribution < -0.4 is 10.6 Å². The van der Waals surface area contributed by atoms with Crippen molar-refractivity contribution in [2.24, 2.45) is 0 Å². The number of hydrogen-bond donors (Lipinski definition) is 1. The quantitative estimate of drug-likeness (QED) is 0.839. The molecule has 19 heavy (non-hydrogen) atoms. The van der Waals surface area contributed by atoms with Crippen molar-refractivity contribution in [2.45, 2.75) is 26.7 Å². The third-order valence-corrected chi connectivity index (χ3v) is 3.59. The summed E-state index contributed by atoms with van der Waals surface area (Å²) < 4.78 is 0.960. The Morgan fingerprint density at radius 1 is 1.21 bits per heavy atom. The number of nitrogens with zero attached hydrogens (tertiary/aromatic N) is 2. The lowest BCUT2D eigenvalue weighted by molar-refractivity contribution is 0.747. The van der Waals surface area contributed by atoms with Gasteiger partial charge in [0.15, 0.2) is 0 Å². The molecule has 2 N–H and O–H groups in total. The van der Waals surface area contributed by atoms with Gasteiger partial charge in [0, 0.05) is 34.8 Å². The van der Waals surface area contributed by atoms with Crippen molar-refractivity contribution in [3.8, 4) is 0 Å². The van der Waals surface area contributed by atoms with Crippen LogP contribution in [0.15, 0.2) is 28.9 Å². The zero-order valence-electron chi connectivity index (χ0n) is 11.5. The monoisotopic (exact) mass is 321 g/mol. The molecule has 0 aliphatic carbocycles. The summed E-state index contributed by atoms with van der Waals surface area (Å²) in [6.45, 7) is 6.49. The Kier molecular flexibility index (Phi) is 4.64. The van der Waals surface area contributed by atoms with E-state index in [1.165, 1.54) is 5.69 Å². The highest BCUT2D eigenvalue weighted by Crippen LogP contribution is 2.31. The molecule has 2 aromatic rings. The fraction of sp³-hybridized carbons (Fsp3) is 0.400. The first kappa shape index (κ1) is 14.1. The van der Waals surface area contributed by atoms with E-state index >= 15 is 0 Å². The summed E-state index contributed by atoms with van der Waals surface area (Å²) in [6, 6.07) is 6.10. The molecule has 0 bridgehead atoms. The molecule has 1 aromatic carbocycles. The fourth-order valence-corrected chi connectivity index (χ4v) is 2.68.